The Balaban J connectivity index is 1.94. The fourth-order valence-electron chi connectivity index (χ4n) is 4.33. The second-order valence-corrected chi connectivity index (χ2v) is 9.46. The minimum atomic E-state index is -3.00. The van der Waals surface area contributed by atoms with Crippen LogP contribution in [0.1, 0.15) is 5.56 Å². The van der Waals surface area contributed by atoms with Gasteiger partial charge in [0.2, 0.25) is 11.6 Å². The molecule has 0 saturated carbocycles. The molecule has 0 saturated heterocycles. The highest BCUT2D eigenvalue weighted by Crippen LogP contribution is 2.41. The molecule has 3 nitrogen and oxygen atoms in total. The van der Waals surface area contributed by atoms with E-state index in [9.17, 15) is 57.1 Å². The van der Waals surface area contributed by atoms with Gasteiger partial charge in [-0.05, 0) is 6.92 Å². The third-order valence-corrected chi connectivity index (χ3v) is 6.72. The molecule has 0 radical (unpaired) electrons. The van der Waals surface area contributed by atoms with Gasteiger partial charge in [0.25, 0.3) is 0 Å². The van der Waals surface area contributed by atoms with Crippen molar-refractivity contribution < 1.29 is 79.0 Å². The minimum Gasteiger partial charge on any atom is -0.208 e. The molecule has 0 fully saturated rings. The summed E-state index contributed by atoms with van der Waals surface area (Å²) in [5, 5.41) is 0. The maximum atomic E-state index is 15.4. The maximum absolute atomic E-state index is 15.4. The largest absolute Gasteiger partial charge is 0.208 e. The summed E-state index contributed by atoms with van der Waals surface area (Å²) in [5.41, 5.74) is -13.2. The number of rotatable bonds is 4. The summed E-state index contributed by atoms with van der Waals surface area (Å²) in [6.07, 6.45) is 0. The van der Waals surface area contributed by atoms with Crippen molar-refractivity contribution in [2.45, 2.75) is 6.92 Å². The molecule has 0 aliphatic heterocycles. The Kier molecular flexibility index (Phi) is 8.52. The molecule has 49 heavy (non-hydrogen) atoms. The molecular formula is C28H3F18N3. The van der Waals surface area contributed by atoms with Crippen LogP contribution in [0.25, 0.3) is 45.3 Å². The van der Waals surface area contributed by atoms with Gasteiger partial charge in [-0.15, -0.1) is 0 Å². The van der Waals surface area contributed by atoms with E-state index in [0.717, 1.165) is 0 Å². The lowest BCUT2D eigenvalue weighted by Gasteiger charge is -2.16. The Morgan fingerprint density at radius 2 is 0.408 bits per heavy atom. The molecule has 256 valence electrons. The first-order valence-corrected chi connectivity index (χ1v) is 12.2. The molecule has 0 aliphatic rings. The molecule has 0 spiro atoms. The number of hydrogen-bond donors (Lipinski definition) is 0. The minimum absolute atomic E-state index is 0.450. The van der Waals surface area contributed by atoms with Crippen molar-refractivity contribution in [1.29, 1.82) is 0 Å². The Morgan fingerprint density at radius 3 is 0.714 bits per heavy atom. The third-order valence-electron chi connectivity index (χ3n) is 6.72. The molecule has 0 aliphatic carbocycles. The van der Waals surface area contributed by atoms with Crippen molar-refractivity contribution in [2.75, 3.05) is 0 Å². The van der Waals surface area contributed by atoms with Gasteiger partial charge in [-0.3, -0.25) is 0 Å². The fraction of sp³-hybridized carbons (Fsp3) is 0.0357. The lowest BCUT2D eigenvalue weighted by Crippen LogP contribution is -2.13. The fourth-order valence-corrected chi connectivity index (χ4v) is 4.33. The molecular weight excluding hydrogens is 720 g/mol. The molecule has 5 rings (SSSR count). The van der Waals surface area contributed by atoms with Crippen molar-refractivity contribution in [3.05, 3.63) is 110 Å². The van der Waals surface area contributed by atoms with Gasteiger partial charge in [0.1, 0.15) is 5.82 Å². The summed E-state index contributed by atoms with van der Waals surface area (Å²) in [6, 6.07) is 0. The quantitative estimate of drug-likeness (QED) is 0.105. The van der Waals surface area contributed by atoms with Crippen LogP contribution >= 0.6 is 0 Å². The zero-order chi connectivity index (χ0) is 36.7. The zero-order valence-electron chi connectivity index (χ0n) is 22.6. The van der Waals surface area contributed by atoms with E-state index in [2.05, 4.69) is 15.0 Å². The van der Waals surface area contributed by atoms with Gasteiger partial charge < -0.3 is 0 Å². The Labute approximate surface area is 257 Å². The summed E-state index contributed by atoms with van der Waals surface area (Å²) in [5.74, 6) is -56.0. The van der Waals surface area contributed by atoms with Crippen molar-refractivity contribution in [3.63, 3.8) is 0 Å². The van der Waals surface area contributed by atoms with Gasteiger partial charge in [0, 0.05) is 5.56 Å². The Morgan fingerprint density at radius 1 is 0.224 bits per heavy atom. The van der Waals surface area contributed by atoms with E-state index in [0.29, 0.717) is 6.92 Å². The lowest BCUT2D eigenvalue weighted by molar-refractivity contribution is 0.379. The smallest absolute Gasteiger partial charge is 0.200 e. The van der Waals surface area contributed by atoms with Gasteiger partial charge in [-0.1, -0.05) is 0 Å². The predicted molar refractivity (Wildman–Crippen MR) is 126 cm³/mol. The molecule has 0 bridgehead atoms. The number of nitrogens with zero attached hydrogens (tertiary/aromatic N) is 3. The van der Waals surface area contributed by atoms with E-state index in [1.807, 2.05) is 0 Å². The third kappa shape index (κ3) is 5.00. The molecule has 1 heterocycles. The van der Waals surface area contributed by atoms with Crippen LogP contribution in [0.3, 0.4) is 0 Å². The van der Waals surface area contributed by atoms with Crippen LogP contribution in [-0.4, -0.2) is 15.0 Å². The van der Waals surface area contributed by atoms with Crippen LogP contribution in [-0.2, 0) is 0 Å². The van der Waals surface area contributed by atoms with Gasteiger partial charge in [0.15, 0.2) is 105 Å². The molecule has 1 aromatic heterocycles. The molecule has 21 heteroatoms. The summed E-state index contributed by atoms with van der Waals surface area (Å²) in [7, 11) is 0. The first-order chi connectivity index (χ1) is 22.8. The number of aromatic nitrogens is 3. The highest BCUT2D eigenvalue weighted by atomic mass is 19.2. The predicted octanol–water partition coefficient (Wildman–Crippen LogP) is 9.35. The molecule has 4 aromatic carbocycles. The average Bonchev–Trinajstić information content (AvgIpc) is 3.07. The summed E-state index contributed by atoms with van der Waals surface area (Å²) in [6.45, 7) is 0.450. The SMILES string of the molecule is Cc1c(F)c(F)c(F)c(-c2nc(-c3c(F)c(F)c(F)c(F)c3F)nc(-c3c(F)c(F)c(-c4c(F)c(F)c(F)c(F)c4F)c(F)c3F)n2)c1F. The first kappa shape index (κ1) is 35.0. The Bertz CT molecular complexity index is 2080. The van der Waals surface area contributed by atoms with E-state index in [4.69, 9.17) is 0 Å². The van der Waals surface area contributed by atoms with Crippen molar-refractivity contribution in [2.24, 2.45) is 0 Å². The average molecular weight is 723 g/mol. The summed E-state index contributed by atoms with van der Waals surface area (Å²) in [4.78, 5) is 8.95. The summed E-state index contributed by atoms with van der Waals surface area (Å²) >= 11 is 0. The van der Waals surface area contributed by atoms with Crippen LogP contribution in [0, 0.1) is 112 Å². The van der Waals surface area contributed by atoms with Gasteiger partial charge in [0.05, 0.1) is 27.8 Å². The molecule has 0 amide bonds. The first-order valence-electron chi connectivity index (χ1n) is 12.2. The van der Waals surface area contributed by atoms with E-state index >= 15 is 22.0 Å². The molecule has 0 unspecified atom stereocenters. The second kappa shape index (κ2) is 11.9. The van der Waals surface area contributed by atoms with Crippen molar-refractivity contribution in [3.8, 4) is 45.3 Å². The second-order valence-electron chi connectivity index (χ2n) is 9.46. The van der Waals surface area contributed by atoms with Crippen molar-refractivity contribution in [1.82, 2.24) is 15.0 Å². The van der Waals surface area contributed by atoms with Gasteiger partial charge >= 0.3 is 0 Å². The summed E-state index contributed by atoms with van der Waals surface area (Å²) < 4.78 is 260. The topological polar surface area (TPSA) is 38.7 Å². The molecule has 5 aromatic rings. The number of hydrogen-bond acceptors (Lipinski definition) is 3. The van der Waals surface area contributed by atoms with Crippen molar-refractivity contribution >= 4 is 0 Å². The number of benzene rings is 4. The molecule has 0 atom stereocenters. The van der Waals surface area contributed by atoms with E-state index < -0.39 is 156 Å². The Hall–Kier alpha value is -5.37. The standard InChI is InChI=1S/C28H3F18N3/c1-2-8(29)5(16(37)19(40)9(2)30)26-47-27(49-28(48-26)7-17(38)22(43)25(46)23(44)18(7)39)6-14(35)10(31)3(11(32)15(6)36)4-12(33)20(41)24(45)21(42)13(4)34/h1H3. The monoisotopic (exact) mass is 723 g/mol. The van der Waals surface area contributed by atoms with Gasteiger partial charge in [-0.25, -0.2) is 94.0 Å². The van der Waals surface area contributed by atoms with E-state index in [1.54, 1.807) is 0 Å². The van der Waals surface area contributed by atoms with E-state index in [1.165, 1.54) is 0 Å². The van der Waals surface area contributed by atoms with Crippen LogP contribution in [0.4, 0.5) is 79.0 Å². The van der Waals surface area contributed by atoms with Crippen LogP contribution in [0.15, 0.2) is 0 Å². The van der Waals surface area contributed by atoms with Crippen LogP contribution < -0.4 is 0 Å². The van der Waals surface area contributed by atoms with Crippen LogP contribution in [0.5, 0.6) is 0 Å². The molecule has 0 N–H and O–H groups in total. The maximum Gasteiger partial charge on any atom is 0.200 e. The van der Waals surface area contributed by atoms with Crippen LogP contribution in [0.2, 0.25) is 0 Å². The lowest BCUT2D eigenvalue weighted by atomic mass is 9.98. The zero-order valence-corrected chi connectivity index (χ0v) is 22.6. The van der Waals surface area contributed by atoms with E-state index in [-0.39, 0.29) is 0 Å². The number of halogens is 18. The normalized spacial score (nSPS) is 11.6. The van der Waals surface area contributed by atoms with Gasteiger partial charge in [-0.2, -0.15) is 0 Å². The highest BCUT2D eigenvalue weighted by molar-refractivity contribution is 5.74. The highest BCUT2D eigenvalue weighted by Gasteiger charge is 2.37.